The van der Waals surface area contributed by atoms with Gasteiger partial charge in [0.1, 0.15) is 5.82 Å². The average molecular weight is 303 g/mol. The Hall–Kier alpha value is -3.14. The van der Waals surface area contributed by atoms with Gasteiger partial charge in [0.25, 0.3) is 0 Å². The number of carbonyl (C=O) groups excluding carboxylic acids is 1. The first-order valence-corrected chi connectivity index (χ1v) is 7.41. The summed E-state index contributed by atoms with van der Waals surface area (Å²) >= 11 is 0. The Morgan fingerprint density at radius 3 is 2.78 bits per heavy atom. The van der Waals surface area contributed by atoms with Crippen LogP contribution in [0.2, 0.25) is 0 Å². The Morgan fingerprint density at radius 1 is 1.13 bits per heavy atom. The van der Waals surface area contributed by atoms with Crippen molar-refractivity contribution in [3.63, 3.8) is 0 Å². The molecular weight excluding hydrogens is 286 g/mol. The lowest BCUT2D eigenvalue weighted by Gasteiger charge is -2.05. The van der Waals surface area contributed by atoms with Crippen LogP contribution in [-0.2, 0) is 11.2 Å². The van der Waals surface area contributed by atoms with Gasteiger partial charge in [0.2, 0.25) is 5.91 Å². The number of rotatable bonds is 5. The average Bonchev–Trinajstić information content (AvgIpc) is 3.07. The van der Waals surface area contributed by atoms with E-state index in [2.05, 4.69) is 15.3 Å². The lowest BCUT2D eigenvalue weighted by atomic mass is 10.1. The fraction of sp³-hybridized carbons (Fsp3) is 0.0526. The summed E-state index contributed by atoms with van der Waals surface area (Å²) in [7, 11) is 0. The molecule has 1 amide bonds. The molecule has 23 heavy (non-hydrogen) atoms. The van der Waals surface area contributed by atoms with E-state index in [1.807, 2.05) is 54.6 Å². The first-order chi connectivity index (χ1) is 11.3. The molecule has 3 aromatic rings. The van der Waals surface area contributed by atoms with E-state index in [9.17, 15) is 4.79 Å². The summed E-state index contributed by atoms with van der Waals surface area (Å²) in [5.74, 6) is 0.751. The number of carbonyl (C=O) groups is 1. The van der Waals surface area contributed by atoms with Crippen molar-refractivity contribution in [2.75, 3.05) is 5.32 Å². The molecule has 4 nitrogen and oxygen atoms in total. The standard InChI is InChI=1S/C19H17N3O/c23-19(10-9-15-5-2-1-3-6-15)22-17-8-4-7-16(13-17)14-18-20-11-12-21-18/h1-13H,14H2,(H,20,21)(H,22,23)/b10-9+. The van der Waals surface area contributed by atoms with Crippen molar-refractivity contribution in [2.24, 2.45) is 0 Å². The number of benzene rings is 2. The Balaban J connectivity index is 1.63. The zero-order chi connectivity index (χ0) is 15.9. The van der Waals surface area contributed by atoms with Crippen LogP contribution in [-0.4, -0.2) is 15.9 Å². The molecule has 1 heterocycles. The first kappa shape index (κ1) is 14.8. The van der Waals surface area contributed by atoms with E-state index < -0.39 is 0 Å². The molecule has 0 saturated carbocycles. The van der Waals surface area contributed by atoms with E-state index in [-0.39, 0.29) is 5.91 Å². The Morgan fingerprint density at radius 2 is 2.00 bits per heavy atom. The van der Waals surface area contributed by atoms with Gasteiger partial charge < -0.3 is 10.3 Å². The predicted molar refractivity (Wildman–Crippen MR) is 91.9 cm³/mol. The number of nitrogens with one attached hydrogen (secondary N) is 2. The summed E-state index contributed by atoms with van der Waals surface area (Å²) in [4.78, 5) is 19.3. The number of aromatic nitrogens is 2. The molecule has 0 aliphatic carbocycles. The van der Waals surface area contributed by atoms with Gasteiger partial charge in [-0.2, -0.15) is 0 Å². The number of H-pyrrole nitrogens is 1. The lowest BCUT2D eigenvalue weighted by Crippen LogP contribution is -2.08. The second-order valence-electron chi connectivity index (χ2n) is 5.15. The minimum atomic E-state index is -0.149. The van der Waals surface area contributed by atoms with Crippen molar-refractivity contribution < 1.29 is 4.79 Å². The molecule has 3 rings (SSSR count). The van der Waals surface area contributed by atoms with Crippen LogP contribution < -0.4 is 5.32 Å². The highest BCUT2D eigenvalue weighted by molar-refractivity contribution is 6.01. The number of nitrogens with zero attached hydrogens (tertiary/aromatic N) is 1. The van der Waals surface area contributed by atoms with Gasteiger partial charge in [0, 0.05) is 30.6 Å². The molecule has 0 unspecified atom stereocenters. The molecule has 1 aromatic heterocycles. The normalized spacial score (nSPS) is 10.8. The zero-order valence-corrected chi connectivity index (χ0v) is 12.6. The maximum atomic E-state index is 12.0. The molecule has 0 aliphatic heterocycles. The third kappa shape index (κ3) is 4.41. The summed E-state index contributed by atoms with van der Waals surface area (Å²) in [6, 6.07) is 17.5. The highest BCUT2D eigenvalue weighted by atomic mass is 16.1. The van der Waals surface area contributed by atoms with Crippen LogP contribution in [0.1, 0.15) is 17.0 Å². The highest BCUT2D eigenvalue weighted by Gasteiger charge is 2.02. The number of imidazole rings is 1. The van der Waals surface area contributed by atoms with Crippen LogP contribution in [0.25, 0.3) is 6.08 Å². The molecule has 0 fully saturated rings. The highest BCUT2D eigenvalue weighted by Crippen LogP contribution is 2.13. The van der Waals surface area contributed by atoms with Gasteiger partial charge in [-0.3, -0.25) is 4.79 Å². The van der Waals surface area contributed by atoms with Gasteiger partial charge in [-0.1, -0.05) is 42.5 Å². The molecule has 0 aliphatic rings. The van der Waals surface area contributed by atoms with Gasteiger partial charge in [-0.25, -0.2) is 4.98 Å². The Kier molecular flexibility index (Phi) is 4.64. The molecule has 114 valence electrons. The van der Waals surface area contributed by atoms with Gasteiger partial charge in [-0.05, 0) is 29.3 Å². The van der Waals surface area contributed by atoms with E-state index in [4.69, 9.17) is 0 Å². The SMILES string of the molecule is O=C(/C=C/c1ccccc1)Nc1cccc(Cc2ncc[nH]2)c1. The number of aromatic amines is 1. The zero-order valence-electron chi connectivity index (χ0n) is 12.6. The van der Waals surface area contributed by atoms with Crippen molar-refractivity contribution >= 4 is 17.7 Å². The molecule has 4 heteroatoms. The lowest BCUT2D eigenvalue weighted by molar-refractivity contribution is -0.111. The van der Waals surface area contributed by atoms with E-state index in [1.165, 1.54) is 6.08 Å². The monoisotopic (exact) mass is 303 g/mol. The van der Waals surface area contributed by atoms with Crippen molar-refractivity contribution in [1.82, 2.24) is 9.97 Å². The van der Waals surface area contributed by atoms with Crippen LogP contribution in [0.15, 0.2) is 73.1 Å². The third-order valence-electron chi connectivity index (χ3n) is 3.35. The first-order valence-electron chi connectivity index (χ1n) is 7.41. The van der Waals surface area contributed by atoms with Gasteiger partial charge in [0.05, 0.1) is 0 Å². The van der Waals surface area contributed by atoms with Crippen molar-refractivity contribution in [1.29, 1.82) is 0 Å². The summed E-state index contributed by atoms with van der Waals surface area (Å²) < 4.78 is 0. The quantitative estimate of drug-likeness (QED) is 0.707. The Labute approximate surface area is 134 Å². The molecule has 0 spiro atoms. The predicted octanol–water partition coefficient (Wildman–Crippen LogP) is 3.65. The minimum absolute atomic E-state index is 0.149. The minimum Gasteiger partial charge on any atom is -0.348 e. The molecule has 0 atom stereocenters. The molecule has 2 aromatic carbocycles. The smallest absolute Gasteiger partial charge is 0.248 e. The molecular formula is C19H17N3O. The van der Waals surface area contributed by atoms with E-state index >= 15 is 0 Å². The topological polar surface area (TPSA) is 57.8 Å². The van der Waals surface area contributed by atoms with Crippen LogP contribution in [0.5, 0.6) is 0 Å². The summed E-state index contributed by atoms with van der Waals surface area (Å²) in [5.41, 5.74) is 2.86. The maximum absolute atomic E-state index is 12.0. The summed E-state index contributed by atoms with van der Waals surface area (Å²) in [6.07, 6.45) is 7.57. The van der Waals surface area contributed by atoms with Crippen molar-refractivity contribution in [2.45, 2.75) is 6.42 Å². The molecule has 0 radical (unpaired) electrons. The second-order valence-corrected chi connectivity index (χ2v) is 5.15. The van der Waals surface area contributed by atoms with Crippen molar-refractivity contribution in [3.05, 3.63) is 90.0 Å². The largest absolute Gasteiger partial charge is 0.348 e. The second kappa shape index (κ2) is 7.22. The fourth-order valence-corrected chi connectivity index (χ4v) is 2.27. The van der Waals surface area contributed by atoms with Crippen LogP contribution in [0.3, 0.4) is 0 Å². The number of hydrogen-bond donors (Lipinski definition) is 2. The van der Waals surface area contributed by atoms with Gasteiger partial charge in [-0.15, -0.1) is 0 Å². The molecule has 2 N–H and O–H groups in total. The van der Waals surface area contributed by atoms with Gasteiger partial charge >= 0.3 is 0 Å². The number of hydrogen-bond acceptors (Lipinski definition) is 2. The maximum Gasteiger partial charge on any atom is 0.248 e. The van der Waals surface area contributed by atoms with E-state index in [0.717, 1.165) is 22.6 Å². The fourth-order valence-electron chi connectivity index (χ4n) is 2.27. The van der Waals surface area contributed by atoms with Crippen LogP contribution in [0, 0.1) is 0 Å². The molecule has 0 bridgehead atoms. The summed E-state index contributed by atoms with van der Waals surface area (Å²) in [5, 5.41) is 2.88. The van der Waals surface area contributed by atoms with E-state index in [0.29, 0.717) is 6.42 Å². The Bertz CT molecular complexity index is 793. The van der Waals surface area contributed by atoms with Gasteiger partial charge in [0.15, 0.2) is 0 Å². The molecule has 0 saturated heterocycles. The van der Waals surface area contributed by atoms with Crippen LogP contribution in [0.4, 0.5) is 5.69 Å². The summed E-state index contributed by atoms with van der Waals surface area (Å²) in [6.45, 7) is 0. The third-order valence-corrected chi connectivity index (χ3v) is 3.35. The number of anilines is 1. The number of amides is 1. The van der Waals surface area contributed by atoms with E-state index in [1.54, 1.807) is 18.5 Å². The van der Waals surface area contributed by atoms with Crippen LogP contribution >= 0.6 is 0 Å². The van der Waals surface area contributed by atoms with Crippen molar-refractivity contribution in [3.8, 4) is 0 Å².